The first kappa shape index (κ1) is 24.3. The van der Waals surface area contributed by atoms with Gasteiger partial charge in [0.25, 0.3) is 0 Å². The van der Waals surface area contributed by atoms with Crippen molar-refractivity contribution in [3.63, 3.8) is 0 Å². The van der Waals surface area contributed by atoms with E-state index in [0.29, 0.717) is 6.20 Å². The van der Waals surface area contributed by atoms with Crippen LogP contribution in [0.25, 0.3) is 0 Å². The molecule has 0 radical (unpaired) electrons. The van der Waals surface area contributed by atoms with Crippen LogP contribution in [0.15, 0.2) is 11.0 Å². The maximum atomic E-state index is 14.2. The zero-order chi connectivity index (χ0) is 22.2. The molecule has 3 unspecified atom stereocenters. The van der Waals surface area contributed by atoms with Crippen molar-refractivity contribution >= 4 is 23.5 Å². The number of hydrogen-bond donors (Lipinski definition) is 6. The van der Waals surface area contributed by atoms with Crippen LogP contribution in [0.2, 0.25) is 0 Å². The van der Waals surface area contributed by atoms with E-state index in [1.54, 1.807) is 4.98 Å². The first-order chi connectivity index (χ1) is 13.1. The summed E-state index contributed by atoms with van der Waals surface area (Å²) in [5.74, 6) is -1.31. The fraction of sp³-hybridized carbons (Fsp3) is 0.556. The quantitative estimate of drug-likeness (QED) is 0.198. The third-order valence-electron chi connectivity index (χ3n) is 3.23. The molecule has 1 aliphatic heterocycles. The number of alkyl halides is 1. The van der Waals surface area contributed by atoms with Crippen LogP contribution < -0.4 is 5.69 Å². The monoisotopic (exact) mass is 488 g/mol. The number of rotatable bonds is 8. The number of nitrogens with zero attached hydrogens (tertiary/aromatic N) is 1. The summed E-state index contributed by atoms with van der Waals surface area (Å²) in [6.45, 7) is -1.15. The summed E-state index contributed by atoms with van der Waals surface area (Å²) >= 11 is 0. The number of halogens is 2. The number of ether oxygens (including phenoxy) is 1. The van der Waals surface area contributed by atoms with Crippen LogP contribution >= 0.6 is 23.5 Å². The van der Waals surface area contributed by atoms with Crippen molar-refractivity contribution in [1.82, 2.24) is 9.97 Å². The Morgan fingerprint density at radius 3 is 2.34 bits per heavy atom. The summed E-state index contributed by atoms with van der Waals surface area (Å²) in [4.78, 5) is 50.8. The minimum absolute atomic E-state index is 0.586. The molecular weight excluding hydrogens is 475 g/mol. The zero-order valence-corrected chi connectivity index (χ0v) is 16.3. The van der Waals surface area contributed by atoms with Crippen molar-refractivity contribution in [2.45, 2.75) is 24.5 Å². The van der Waals surface area contributed by atoms with Gasteiger partial charge in [0.2, 0.25) is 5.95 Å². The highest BCUT2D eigenvalue weighted by Crippen LogP contribution is 2.66. The summed E-state index contributed by atoms with van der Waals surface area (Å²) in [5, 5.41) is 9.78. The molecule has 6 N–H and O–H groups in total. The smallest absolute Gasteiger partial charge is 0.387 e. The maximum absolute atomic E-state index is 14.2. The van der Waals surface area contributed by atoms with Gasteiger partial charge in [0, 0.05) is 6.20 Å². The van der Waals surface area contributed by atoms with Crippen molar-refractivity contribution in [3.05, 3.63) is 28.2 Å². The Bertz CT molecular complexity index is 952. The molecular formula is C9H13F2N2O13P3. The second kappa shape index (κ2) is 8.67. The normalized spacial score (nSPS) is 29.3. The van der Waals surface area contributed by atoms with Crippen molar-refractivity contribution in [1.29, 1.82) is 0 Å². The fourth-order valence-electron chi connectivity index (χ4n) is 2.16. The van der Waals surface area contributed by atoms with Crippen LogP contribution in [0.4, 0.5) is 8.78 Å². The minimum atomic E-state index is -5.77. The van der Waals surface area contributed by atoms with Crippen molar-refractivity contribution in [2.75, 3.05) is 6.61 Å². The summed E-state index contributed by atoms with van der Waals surface area (Å²) in [6.07, 6.45) is -7.23. The lowest BCUT2D eigenvalue weighted by Crippen LogP contribution is -2.31. The molecule has 6 atom stereocenters. The molecule has 0 saturated carbocycles. The van der Waals surface area contributed by atoms with Crippen LogP contribution in [0, 0.1) is 5.95 Å². The third-order valence-corrected chi connectivity index (χ3v) is 7.04. The maximum Gasteiger partial charge on any atom is 0.490 e. The van der Waals surface area contributed by atoms with Gasteiger partial charge < -0.3 is 29.4 Å². The van der Waals surface area contributed by atoms with Gasteiger partial charge in [0.1, 0.15) is 18.3 Å². The molecule has 0 spiro atoms. The molecule has 15 nitrogen and oxygen atoms in total. The second-order valence-electron chi connectivity index (χ2n) is 5.37. The molecule has 2 rings (SSSR count). The lowest BCUT2D eigenvalue weighted by atomic mass is 10.1. The van der Waals surface area contributed by atoms with Crippen LogP contribution in [0.3, 0.4) is 0 Å². The van der Waals surface area contributed by atoms with Gasteiger partial charge in [0.05, 0.1) is 12.2 Å². The predicted molar refractivity (Wildman–Crippen MR) is 83.1 cm³/mol. The van der Waals surface area contributed by atoms with E-state index in [9.17, 15) is 37.3 Å². The van der Waals surface area contributed by atoms with E-state index >= 15 is 0 Å². The molecule has 1 aromatic heterocycles. The van der Waals surface area contributed by atoms with Crippen molar-refractivity contribution in [3.8, 4) is 0 Å². The highest BCUT2D eigenvalue weighted by atomic mass is 31.3. The number of hydrogen-bond acceptors (Lipinski definition) is 10. The van der Waals surface area contributed by atoms with Gasteiger partial charge in [-0.15, -0.1) is 0 Å². The Hall–Kier alpha value is -0.930. The van der Waals surface area contributed by atoms with Crippen LogP contribution in [0.1, 0.15) is 11.7 Å². The molecule has 0 aliphatic carbocycles. The van der Waals surface area contributed by atoms with Crippen LogP contribution in [-0.2, 0) is 31.6 Å². The Morgan fingerprint density at radius 1 is 1.17 bits per heavy atom. The number of phosphoric ester groups is 1. The minimum Gasteiger partial charge on any atom is -0.387 e. The zero-order valence-electron chi connectivity index (χ0n) is 13.6. The van der Waals surface area contributed by atoms with E-state index in [-0.39, 0.29) is 0 Å². The van der Waals surface area contributed by atoms with E-state index in [2.05, 4.69) is 18.1 Å². The van der Waals surface area contributed by atoms with Crippen LogP contribution in [-0.4, -0.2) is 59.6 Å². The van der Waals surface area contributed by atoms with Crippen molar-refractivity contribution < 1.29 is 65.0 Å². The highest BCUT2D eigenvalue weighted by molar-refractivity contribution is 7.66. The highest BCUT2D eigenvalue weighted by Gasteiger charge is 2.48. The molecule has 0 bridgehead atoms. The van der Waals surface area contributed by atoms with E-state index < -0.39 is 71.8 Å². The lowest BCUT2D eigenvalue weighted by Gasteiger charge is -2.19. The van der Waals surface area contributed by atoms with Gasteiger partial charge in [-0.1, -0.05) is 0 Å². The first-order valence-corrected chi connectivity index (χ1v) is 11.6. The molecule has 20 heteroatoms. The SMILES string of the molecule is O=c1ncc([C@@H]2O[C@H](COP(=O)(O)OP(=O)(O)OP(=O)(O)O)C(O)[C@@H]2F)c(F)[nH]1. The van der Waals surface area contributed by atoms with E-state index in [1.807, 2.05) is 0 Å². The van der Waals surface area contributed by atoms with E-state index in [1.165, 1.54) is 0 Å². The molecule has 0 amide bonds. The number of nitrogens with one attached hydrogen (secondary N) is 1. The average molecular weight is 488 g/mol. The van der Waals surface area contributed by atoms with E-state index in [0.717, 1.165) is 0 Å². The predicted octanol–water partition coefficient (Wildman–Crippen LogP) is -0.609. The number of phosphoric acid groups is 3. The summed E-state index contributed by atoms with van der Waals surface area (Å²) in [5.41, 5.74) is -1.67. The number of aliphatic hydroxyl groups excluding tert-OH is 1. The Labute approximate surface area is 158 Å². The first-order valence-electron chi connectivity index (χ1n) is 7.11. The Kier molecular flexibility index (Phi) is 7.28. The molecule has 1 aromatic rings. The van der Waals surface area contributed by atoms with Gasteiger partial charge in [-0.25, -0.2) is 27.9 Å². The molecule has 1 fully saturated rings. The summed E-state index contributed by atoms with van der Waals surface area (Å²) in [6, 6.07) is 0. The van der Waals surface area contributed by atoms with Gasteiger partial charge in [-0.05, 0) is 0 Å². The molecule has 0 aromatic carbocycles. The van der Waals surface area contributed by atoms with Crippen molar-refractivity contribution in [2.24, 2.45) is 0 Å². The molecule has 1 aliphatic rings. The summed E-state index contributed by atoms with van der Waals surface area (Å²) < 4.78 is 77.4. The topological polar surface area (TPSA) is 235 Å². The Morgan fingerprint density at radius 2 is 1.79 bits per heavy atom. The molecule has 166 valence electrons. The molecule has 29 heavy (non-hydrogen) atoms. The Balaban J connectivity index is 2.05. The number of H-pyrrole nitrogens is 1. The number of aliphatic hydroxyl groups is 1. The number of aromatic amines is 1. The lowest BCUT2D eigenvalue weighted by molar-refractivity contribution is -0.0232. The standard InChI is InChI=1S/C9H13F2N2O13P3/c10-5-6(14)4(24-7(5)3-1-12-9(15)13-8(3)11)2-23-28(19,20)26-29(21,22)25-27(16,17)18/h1,4-7,14H,2H2,(H,19,20)(H,21,22)(H,12,13,15)(H2,16,17,18)/t4-,5+,6?,7+/m1/s1. The largest absolute Gasteiger partial charge is 0.490 e. The molecule has 2 heterocycles. The fourth-order valence-corrected chi connectivity index (χ4v) is 5.19. The van der Waals surface area contributed by atoms with Gasteiger partial charge in [-0.2, -0.15) is 13.0 Å². The van der Waals surface area contributed by atoms with Gasteiger partial charge >= 0.3 is 29.2 Å². The second-order valence-corrected chi connectivity index (χ2v) is 9.79. The summed E-state index contributed by atoms with van der Waals surface area (Å²) in [7, 11) is -16.9. The van der Waals surface area contributed by atoms with E-state index in [4.69, 9.17) is 19.4 Å². The molecule has 1 saturated heterocycles. The number of aromatic nitrogens is 2. The van der Waals surface area contributed by atoms with Gasteiger partial charge in [0.15, 0.2) is 6.17 Å². The average Bonchev–Trinajstić information content (AvgIpc) is 2.78. The van der Waals surface area contributed by atoms with Crippen LogP contribution in [0.5, 0.6) is 0 Å². The third kappa shape index (κ3) is 6.79. The van der Waals surface area contributed by atoms with Gasteiger partial charge in [-0.3, -0.25) is 9.51 Å².